The van der Waals surface area contributed by atoms with E-state index in [9.17, 15) is 14.4 Å². The first-order valence-electron chi connectivity index (χ1n) is 6.71. The maximum Gasteiger partial charge on any atom is 0.325 e. The molecule has 3 N–H and O–H groups in total. The van der Waals surface area contributed by atoms with Crippen molar-refractivity contribution in [3.63, 3.8) is 0 Å². The van der Waals surface area contributed by atoms with Gasteiger partial charge in [0, 0.05) is 31.1 Å². The number of nitrogens with one attached hydrogen (secondary N) is 2. The number of nitrogens with zero attached hydrogens (tertiary/aromatic N) is 2. The highest BCUT2D eigenvalue weighted by molar-refractivity contribution is 5.90. The Bertz CT molecular complexity index is 510. The van der Waals surface area contributed by atoms with Crippen molar-refractivity contribution < 1.29 is 19.5 Å². The quantitative estimate of drug-likeness (QED) is 0.650. The van der Waals surface area contributed by atoms with Gasteiger partial charge < -0.3 is 15.7 Å². The van der Waals surface area contributed by atoms with Crippen LogP contribution in [-0.4, -0.2) is 38.7 Å². The molecule has 0 fully saturated rings. The van der Waals surface area contributed by atoms with Gasteiger partial charge in [-0.3, -0.25) is 19.1 Å². The van der Waals surface area contributed by atoms with Crippen molar-refractivity contribution in [2.75, 3.05) is 5.32 Å². The standard InChI is InChI=1S/C13H20N4O4/c1-9(2)14-11(18)4-3-5-12(19)15-10-6-7-17(16-10)8-13(20)21/h6-7,9H,3-5,8H2,1-2H3,(H,14,18)(H,20,21)(H,15,16,19). The number of amides is 2. The van der Waals surface area contributed by atoms with Crippen LogP contribution in [-0.2, 0) is 20.9 Å². The van der Waals surface area contributed by atoms with Crippen molar-refractivity contribution in [2.45, 2.75) is 45.7 Å². The molecule has 0 saturated heterocycles. The second-order valence-corrected chi connectivity index (χ2v) is 4.92. The van der Waals surface area contributed by atoms with Gasteiger partial charge in [-0.25, -0.2) is 0 Å². The van der Waals surface area contributed by atoms with E-state index in [-0.39, 0.29) is 30.8 Å². The number of rotatable bonds is 8. The first-order valence-corrected chi connectivity index (χ1v) is 6.71. The lowest BCUT2D eigenvalue weighted by Crippen LogP contribution is -2.30. The van der Waals surface area contributed by atoms with E-state index in [1.165, 1.54) is 16.9 Å². The summed E-state index contributed by atoms with van der Waals surface area (Å²) in [5.74, 6) is -1.04. The van der Waals surface area contributed by atoms with E-state index < -0.39 is 5.97 Å². The third-order valence-electron chi connectivity index (χ3n) is 2.46. The molecule has 0 radical (unpaired) electrons. The van der Waals surface area contributed by atoms with Crippen LogP contribution in [0.2, 0.25) is 0 Å². The van der Waals surface area contributed by atoms with Gasteiger partial charge in [0.15, 0.2) is 5.82 Å². The van der Waals surface area contributed by atoms with Gasteiger partial charge in [-0.05, 0) is 20.3 Å². The molecule has 116 valence electrons. The first kappa shape index (κ1) is 16.7. The van der Waals surface area contributed by atoms with Crippen molar-refractivity contribution in [1.29, 1.82) is 0 Å². The molecule has 8 nitrogen and oxygen atoms in total. The molecule has 0 unspecified atom stereocenters. The number of aromatic nitrogens is 2. The van der Waals surface area contributed by atoms with Crippen molar-refractivity contribution in [3.05, 3.63) is 12.3 Å². The van der Waals surface area contributed by atoms with Crippen LogP contribution in [0.25, 0.3) is 0 Å². The minimum Gasteiger partial charge on any atom is -0.480 e. The van der Waals surface area contributed by atoms with Gasteiger partial charge in [0.05, 0.1) is 0 Å². The fraction of sp³-hybridized carbons (Fsp3) is 0.538. The van der Waals surface area contributed by atoms with E-state index in [0.29, 0.717) is 18.7 Å². The van der Waals surface area contributed by atoms with E-state index in [2.05, 4.69) is 15.7 Å². The lowest BCUT2D eigenvalue weighted by atomic mass is 10.2. The summed E-state index contributed by atoms with van der Waals surface area (Å²) >= 11 is 0. The van der Waals surface area contributed by atoms with Crippen LogP contribution in [0.3, 0.4) is 0 Å². The summed E-state index contributed by atoms with van der Waals surface area (Å²) in [5.41, 5.74) is 0. The molecule has 0 aliphatic carbocycles. The topological polar surface area (TPSA) is 113 Å². The normalized spacial score (nSPS) is 10.4. The van der Waals surface area contributed by atoms with Crippen LogP contribution < -0.4 is 10.6 Å². The highest BCUT2D eigenvalue weighted by Crippen LogP contribution is 2.05. The van der Waals surface area contributed by atoms with Crippen molar-refractivity contribution in [3.8, 4) is 0 Å². The number of hydrogen-bond donors (Lipinski definition) is 3. The molecule has 1 heterocycles. The van der Waals surface area contributed by atoms with Gasteiger partial charge in [-0.1, -0.05) is 0 Å². The zero-order valence-corrected chi connectivity index (χ0v) is 12.1. The van der Waals surface area contributed by atoms with Crippen LogP contribution >= 0.6 is 0 Å². The lowest BCUT2D eigenvalue weighted by molar-refractivity contribution is -0.137. The Morgan fingerprint density at radius 3 is 2.57 bits per heavy atom. The molecule has 1 aromatic rings. The fourth-order valence-electron chi connectivity index (χ4n) is 1.66. The van der Waals surface area contributed by atoms with Gasteiger partial charge >= 0.3 is 5.97 Å². The monoisotopic (exact) mass is 296 g/mol. The number of carbonyl (C=O) groups excluding carboxylic acids is 2. The molecule has 0 bridgehead atoms. The summed E-state index contributed by atoms with van der Waals surface area (Å²) in [6.45, 7) is 3.49. The van der Waals surface area contributed by atoms with E-state index in [1.807, 2.05) is 13.8 Å². The summed E-state index contributed by atoms with van der Waals surface area (Å²) in [7, 11) is 0. The molecule has 1 rings (SSSR count). The number of carbonyl (C=O) groups is 3. The van der Waals surface area contributed by atoms with Crippen LogP contribution in [0.15, 0.2) is 12.3 Å². The van der Waals surface area contributed by atoms with Gasteiger partial charge in [0.1, 0.15) is 6.54 Å². The minimum atomic E-state index is -1.01. The third kappa shape index (κ3) is 7.09. The highest BCUT2D eigenvalue weighted by atomic mass is 16.4. The predicted molar refractivity (Wildman–Crippen MR) is 75.6 cm³/mol. The largest absolute Gasteiger partial charge is 0.480 e. The maximum atomic E-state index is 11.6. The van der Waals surface area contributed by atoms with Crippen LogP contribution in [0.4, 0.5) is 5.82 Å². The Balaban J connectivity index is 2.29. The number of hydrogen-bond acceptors (Lipinski definition) is 4. The zero-order chi connectivity index (χ0) is 15.8. The molecule has 8 heteroatoms. The molecule has 0 aliphatic heterocycles. The molecule has 0 spiro atoms. The summed E-state index contributed by atoms with van der Waals surface area (Å²) in [5, 5.41) is 17.8. The van der Waals surface area contributed by atoms with Gasteiger partial charge in [0.2, 0.25) is 11.8 Å². The molecular weight excluding hydrogens is 276 g/mol. The fourth-order valence-corrected chi connectivity index (χ4v) is 1.66. The second kappa shape index (κ2) is 8.03. The number of aliphatic carboxylic acids is 1. The Morgan fingerprint density at radius 2 is 1.95 bits per heavy atom. The SMILES string of the molecule is CC(C)NC(=O)CCCC(=O)Nc1ccn(CC(=O)O)n1. The van der Waals surface area contributed by atoms with Gasteiger partial charge in [-0.15, -0.1) is 0 Å². The van der Waals surface area contributed by atoms with Crippen molar-refractivity contribution in [1.82, 2.24) is 15.1 Å². The van der Waals surface area contributed by atoms with E-state index in [1.54, 1.807) is 0 Å². The second-order valence-electron chi connectivity index (χ2n) is 4.92. The zero-order valence-electron chi connectivity index (χ0n) is 12.1. The van der Waals surface area contributed by atoms with Crippen LogP contribution in [0, 0.1) is 0 Å². The first-order chi connectivity index (χ1) is 9.86. The Kier molecular flexibility index (Phi) is 6.38. The molecule has 0 aromatic carbocycles. The highest BCUT2D eigenvalue weighted by Gasteiger charge is 2.08. The molecule has 2 amide bonds. The molecule has 1 aromatic heterocycles. The molecule has 0 aliphatic rings. The average Bonchev–Trinajstić information content (AvgIpc) is 2.74. The Hall–Kier alpha value is -2.38. The van der Waals surface area contributed by atoms with Gasteiger partial charge in [-0.2, -0.15) is 5.10 Å². The summed E-state index contributed by atoms with van der Waals surface area (Å²) < 4.78 is 1.22. The number of anilines is 1. The summed E-state index contributed by atoms with van der Waals surface area (Å²) in [6.07, 6.45) is 2.41. The van der Waals surface area contributed by atoms with Gasteiger partial charge in [0.25, 0.3) is 0 Å². The smallest absolute Gasteiger partial charge is 0.325 e. The Labute approximate surface area is 122 Å². The maximum absolute atomic E-state index is 11.6. The number of carboxylic acids is 1. The van der Waals surface area contributed by atoms with Crippen LogP contribution in [0.1, 0.15) is 33.1 Å². The predicted octanol–water partition coefficient (Wildman–Crippen LogP) is 0.601. The molecule has 21 heavy (non-hydrogen) atoms. The van der Waals surface area contributed by atoms with E-state index in [0.717, 1.165) is 0 Å². The number of carboxylic acid groups (broad SMARTS) is 1. The van der Waals surface area contributed by atoms with Crippen molar-refractivity contribution >= 4 is 23.6 Å². The molecule has 0 atom stereocenters. The van der Waals surface area contributed by atoms with E-state index in [4.69, 9.17) is 5.11 Å². The minimum absolute atomic E-state index is 0.0801. The molecular formula is C13H20N4O4. The average molecular weight is 296 g/mol. The molecule has 0 saturated carbocycles. The Morgan fingerprint density at radius 1 is 1.29 bits per heavy atom. The van der Waals surface area contributed by atoms with Crippen molar-refractivity contribution in [2.24, 2.45) is 0 Å². The lowest BCUT2D eigenvalue weighted by Gasteiger charge is -2.07. The van der Waals surface area contributed by atoms with Crippen LogP contribution in [0.5, 0.6) is 0 Å². The summed E-state index contributed by atoms with van der Waals surface area (Å²) in [4.78, 5) is 33.5. The van der Waals surface area contributed by atoms with E-state index >= 15 is 0 Å². The third-order valence-corrected chi connectivity index (χ3v) is 2.46. The summed E-state index contributed by atoms with van der Waals surface area (Å²) in [6, 6.07) is 1.61.